The minimum absolute atomic E-state index is 0.412. The number of carbonyl (C=O) groups is 1. The first-order valence-electron chi connectivity index (χ1n) is 4.51. The molecule has 4 nitrogen and oxygen atoms in total. The van der Waals surface area contributed by atoms with Gasteiger partial charge in [0.15, 0.2) is 0 Å². The normalized spacial score (nSPS) is 20.7. The predicted octanol–water partition coefficient (Wildman–Crippen LogP) is 2.03. The van der Waals surface area contributed by atoms with E-state index in [1.807, 2.05) is 6.07 Å². The number of ether oxygens (including phenoxy) is 1. The molecule has 0 aromatic rings. The average molecular weight is 194 g/mol. The summed E-state index contributed by atoms with van der Waals surface area (Å²) in [6.07, 6.45) is 3.51. The molecule has 0 saturated carbocycles. The smallest absolute Gasteiger partial charge is 0.415 e. The summed E-state index contributed by atoms with van der Waals surface area (Å²) in [4.78, 5) is 12.9. The van der Waals surface area contributed by atoms with Crippen LogP contribution < -0.4 is 0 Å². The van der Waals surface area contributed by atoms with E-state index in [4.69, 9.17) is 10.00 Å². The molecule has 4 heteroatoms. The van der Waals surface area contributed by atoms with Gasteiger partial charge in [-0.15, -0.1) is 0 Å². The van der Waals surface area contributed by atoms with Crippen LogP contribution in [0.5, 0.6) is 0 Å². The zero-order valence-electron chi connectivity index (χ0n) is 8.65. The van der Waals surface area contributed by atoms with Gasteiger partial charge in [-0.2, -0.15) is 5.26 Å². The van der Waals surface area contributed by atoms with Crippen LogP contribution in [0.3, 0.4) is 0 Å². The Balaban J connectivity index is 2.62. The fourth-order valence-corrected chi connectivity index (χ4v) is 1.14. The maximum absolute atomic E-state index is 11.5. The van der Waals surface area contributed by atoms with Crippen LogP contribution in [0.2, 0.25) is 0 Å². The van der Waals surface area contributed by atoms with Gasteiger partial charge in [-0.3, -0.25) is 4.90 Å². The number of rotatable bonds is 0. The highest BCUT2D eigenvalue weighted by Crippen LogP contribution is 2.18. The first kappa shape index (κ1) is 10.6. The molecule has 0 bridgehead atoms. The molecule has 1 heterocycles. The first-order valence-corrected chi connectivity index (χ1v) is 4.51. The average Bonchev–Trinajstić information content (AvgIpc) is 2.47. The van der Waals surface area contributed by atoms with Gasteiger partial charge in [0.2, 0.25) is 0 Å². The molecule has 0 spiro atoms. The Morgan fingerprint density at radius 2 is 2.29 bits per heavy atom. The van der Waals surface area contributed by atoms with Crippen LogP contribution in [0.25, 0.3) is 0 Å². The third-order valence-corrected chi connectivity index (χ3v) is 1.71. The first-order chi connectivity index (χ1) is 6.44. The number of hydrogen-bond donors (Lipinski definition) is 0. The van der Waals surface area contributed by atoms with Gasteiger partial charge in [0.05, 0.1) is 6.07 Å². The topological polar surface area (TPSA) is 53.3 Å². The maximum Gasteiger partial charge on any atom is 0.415 e. The molecule has 0 aliphatic carbocycles. The standard InChI is InChI=1S/C10H14N2O2/c1-10(2,3)14-9(13)12-6-4-5-8(12)7-11/h4,6,8H,5H2,1-3H3/t8-/m0/s1. The molecule has 1 aliphatic rings. The Bertz CT molecular complexity index is 296. The molecule has 0 unspecified atom stereocenters. The molecule has 0 aromatic carbocycles. The summed E-state index contributed by atoms with van der Waals surface area (Å²) in [6, 6.07) is 1.63. The van der Waals surface area contributed by atoms with E-state index in [1.165, 1.54) is 4.90 Å². The molecule has 76 valence electrons. The van der Waals surface area contributed by atoms with Crippen molar-refractivity contribution < 1.29 is 9.53 Å². The zero-order valence-corrected chi connectivity index (χ0v) is 8.65. The van der Waals surface area contributed by atoms with Crippen molar-refractivity contribution in [3.8, 4) is 6.07 Å². The molecular weight excluding hydrogens is 180 g/mol. The number of nitriles is 1. The minimum Gasteiger partial charge on any atom is -0.443 e. The lowest BCUT2D eigenvalue weighted by atomic mass is 10.2. The molecular formula is C10H14N2O2. The van der Waals surface area contributed by atoms with Gasteiger partial charge < -0.3 is 4.74 Å². The van der Waals surface area contributed by atoms with E-state index in [0.29, 0.717) is 6.42 Å². The van der Waals surface area contributed by atoms with Crippen LogP contribution in [-0.4, -0.2) is 22.6 Å². The zero-order chi connectivity index (χ0) is 10.8. The van der Waals surface area contributed by atoms with Crippen LogP contribution in [0.1, 0.15) is 27.2 Å². The van der Waals surface area contributed by atoms with Crippen LogP contribution in [0, 0.1) is 11.3 Å². The molecule has 1 rings (SSSR count). The lowest BCUT2D eigenvalue weighted by molar-refractivity contribution is 0.0318. The van der Waals surface area contributed by atoms with Gasteiger partial charge >= 0.3 is 6.09 Å². The Morgan fingerprint density at radius 3 is 2.79 bits per heavy atom. The van der Waals surface area contributed by atoms with Gasteiger partial charge in [-0.05, 0) is 20.8 Å². The Hall–Kier alpha value is -1.50. The molecule has 14 heavy (non-hydrogen) atoms. The third kappa shape index (κ3) is 2.49. The van der Waals surface area contributed by atoms with E-state index in [2.05, 4.69) is 0 Å². The van der Waals surface area contributed by atoms with Crippen molar-refractivity contribution in [2.24, 2.45) is 0 Å². The second-order valence-corrected chi connectivity index (χ2v) is 4.15. The quantitative estimate of drug-likeness (QED) is 0.593. The lowest BCUT2D eigenvalue weighted by Crippen LogP contribution is -2.37. The van der Waals surface area contributed by atoms with E-state index in [0.717, 1.165) is 0 Å². The summed E-state index contributed by atoms with van der Waals surface area (Å²) in [7, 11) is 0. The second kappa shape index (κ2) is 3.70. The van der Waals surface area contributed by atoms with Gasteiger partial charge in [0.25, 0.3) is 0 Å². The van der Waals surface area contributed by atoms with Crippen molar-refractivity contribution in [3.63, 3.8) is 0 Å². The van der Waals surface area contributed by atoms with Crippen LogP contribution in [0.15, 0.2) is 12.3 Å². The summed E-state index contributed by atoms with van der Waals surface area (Å²) in [5.41, 5.74) is -0.520. The summed E-state index contributed by atoms with van der Waals surface area (Å²) in [5.74, 6) is 0. The van der Waals surface area contributed by atoms with E-state index in [9.17, 15) is 4.79 Å². The number of hydrogen-bond acceptors (Lipinski definition) is 3. The summed E-state index contributed by atoms with van der Waals surface area (Å²) >= 11 is 0. The Kier molecular flexibility index (Phi) is 2.80. The molecule has 1 atom stereocenters. The monoisotopic (exact) mass is 194 g/mol. The van der Waals surface area contributed by atoms with Gasteiger partial charge in [0, 0.05) is 12.6 Å². The highest BCUT2D eigenvalue weighted by Gasteiger charge is 2.28. The maximum atomic E-state index is 11.5. The molecule has 0 fully saturated rings. The van der Waals surface area contributed by atoms with E-state index >= 15 is 0 Å². The third-order valence-electron chi connectivity index (χ3n) is 1.71. The molecule has 0 saturated heterocycles. The summed E-state index contributed by atoms with van der Waals surface area (Å²) in [5, 5.41) is 8.74. The molecule has 0 aromatic heterocycles. The van der Waals surface area contributed by atoms with E-state index in [1.54, 1.807) is 33.0 Å². The van der Waals surface area contributed by atoms with Gasteiger partial charge in [-0.1, -0.05) is 6.08 Å². The van der Waals surface area contributed by atoms with Gasteiger partial charge in [0.1, 0.15) is 11.6 Å². The predicted molar refractivity (Wildman–Crippen MR) is 51.2 cm³/mol. The van der Waals surface area contributed by atoms with Crippen molar-refractivity contribution in [1.29, 1.82) is 5.26 Å². The van der Waals surface area contributed by atoms with Crippen molar-refractivity contribution in [2.45, 2.75) is 38.8 Å². The van der Waals surface area contributed by atoms with Crippen LogP contribution in [-0.2, 0) is 4.74 Å². The Labute approximate surface area is 83.8 Å². The fraction of sp³-hybridized carbons (Fsp3) is 0.600. The summed E-state index contributed by atoms with van der Waals surface area (Å²) < 4.78 is 5.14. The minimum atomic E-state index is -0.520. The van der Waals surface area contributed by atoms with E-state index in [-0.39, 0.29) is 0 Å². The Morgan fingerprint density at radius 1 is 1.64 bits per heavy atom. The fourth-order valence-electron chi connectivity index (χ4n) is 1.14. The van der Waals surface area contributed by atoms with Crippen LogP contribution in [0.4, 0.5) is 4.79 Å². The van der Waals surface area contributed by atoms with Crippen molar-refractivity contribution >= 4 is 6.09 Å². The van der Waals surface area contributed by atoms with Gasteiger partial charge in [-0.25, -0.2) is 4.79 Å². The lowest BCUT2D eigenvalue weighted by Gasteiger charge is -2.24. The number of amides is 1. The summed E-state index contributed by atoms with van der Waals surface area (Å²) in [6.45, 7) is 5.39. The molecule has 0 N–H and O–H groups in total. The highest BCUT2D eigenvalue weighted by atomic mass is 16.6. The molecule has 1 amide bonds. The SMILES string of the molecule is CC(C)(C)OC(=O)N1C=CC[C@H]1C#N. The van der Waals surface area contributed by atoms with Crippen LogP contribution >= 0.6 is 0 Å². The second-order valence-electron chi connectivity index (χ2n) is 4.15. The molecule has 1 aliphatic heterocycles. The van der Waals surface area contributed by atoms with Crippen molar-refractivity contribution in [3.05, 3.63) is 12.3 Å². The van der Waals surface area contributed by atoms with Crippen molar-refractivity contribution in [2.75, 3.05) is 0 Å². The number of carbonyl (C=O) groups excluding carboxylic acids is 1. The highest BCUT2D eigenvalue weighted by molar-refractivity contribution is 5.71. The van der Waals surface area contributed by atoms with Crippen molar-refractivity contribution in [1.82, 2.24) is 4.90 Å². The largest absolute Gasteiger partial charge is 0.443 e. The van der Waals surface area contributed by atoms with E-state index < -0.39 is 17.7 Å². The molecule has 0 radical (unpaired) electrons. The number of nitrogens with zero attached hydrogens (tertiary/aromatic N) is 2.